The molecule has 3 aromatic rings. The third-order valence-corrected chi connectivity index (χ3v) is 5.54. The Labute approximate surface area is 199 Å². The standard InChI is InChI=1S/C25H32N6O3/c1-17-13-18(5-6-19(17)14-27-24(32)34-25(2,3)4)22-7-10-26-23(30-22)29-20-15-28-31(16-20)21-8-11-33-12-9-21/h5-7,10,13,15-16,21H,8-9,11-12,14H2,1-4H3,(H,27,32)(H,26,29,30). The quantitative estimate of drug-likeness (QED) is 0.542. The van der Waals surface area contributed by atoms with Crippen molar-refractivity contribution < 1.29 is 14.3 Å². The lowest BCUT2D eigenvalue weighted by Crippen LogP contribution is -2.32. The van der Waals surface area contributed by atoms with Crippen LogP contribution in [0.4, 0.5) is 16.4 Å². The molecule has 1 saturated heterocycles. The number of benzene rings is 1. The summed E-state index contributed by atoms with van der Waals surface area (Å²) < 4.78 is 12.7. The molecule has 2 aromatic heterocycles. The molecule has 0 radical (unpaired) electrons. The molecule has 1 aromatic carbocycles. The van der Waals surface area contributed by atoms with Gasteiger partial charge in [0, 0.05) is 37.7 Å². The first-order valence-electron chi connectivity index (χ1n) is 11.6. The van der Waals surface area contributed by atoms with Gasteiger partial charge in [-0.15, -0.1) is 0 Å². The van der Waals surface area contributed by atoms with Gasteiger partial charge in [0.2, 0.25) is 5.95 Å². The van der Waals surface area contributed by atoms with Crippen LogP contribution in [-0.4, -0.2) is 44.7 Å². The molecule has 0 aliphatic carbocycles. The lowest BCUT2D eigenvalue weighted by molar-refractivity contribution is 0.0523. The van der Waals surface area contributed by atoms with Gasteiger partial charge in [0.25, 0.3) is 0 Å². The van der Waals surface area contributed by atoms with E-state index in [2.05, 4.69) is 31.8 Å². The van der Waals surface area contributed by atoms with Crippen molar-refractivity contribution in [2.45, 2.75) is 58.7 Å². The lowest BCUT2D eigenvalue weighted by Gasteiger charge is -2.22. The Hall–Kier alpha value is -3.46. The van der Waals surface area contributed by atoms with Crippen molar-refractivity contribution in [1.82, 2.24) is 25.1 Å². The molecular weight excluding hydrogens is 432 g/mol. The summed E-state index contributed by atoms with van der Waals surface area (Å²) in [7, 11) is 0. The van der Waals surface area contributed by atoms with Gasteiger partial charge in [0.1, 0.15) is 5.60 Å². The summed E-state index contributed by atoms with van der Waals surface area (Å²) in [6.45, 7) is 9.48. The number of amides is 1. The average molecular weight is 465 g/mol. The van der Waals surface area contributed by atoms with E-state index >= 15 is 0 Å². The highest BCUT2D eigenvalue weighted by Gasteiger charge is 2.17. The molecule has 34 heavy (non-hydrogen) atoms. The number of anilines is 2. The molecule has 1 aliphatic heterocycles. The summed E-state index contributed by atoms with van der Waals surface area (Å²) in [6, 6.07) is 8.29. The normalized spacial score (nSPS) is 14.6. The molecule has 0 spiro atoms. The maximum Gasteiger partial charge on any atom is 0.407 e. The van der Waals surface area contributed by atoms with Crippen molar-refractivity contribution in [3.8, 4) is 11.3 Å². The molecule has 9 heteroatoms. The zero-order valence-corrected chi connectivity index (χ0v) is 20.2. The zero-order valence-electron chi connectivity index (χ0n) is 20.2. The molecule has 0 bridgehead atoms. The van der Waals surface area contributed by atoms with Crippen molar-refractivity contribution in [1.29, 1.82) is 0 Å². The molecule has 0 atom stereocenters. The number of aromatic nitrogens is 4. The van der Waals surface area contributed by atoms with Crippen LogP contribution < -0.4 is 10.6 Å². The van der Waals surface area contributed by atoms with Gasteiger partial charge >= 0.3 is 6.09 Å². The molecule has 1 amide bonds. The van der Waals surface area contributed by atoms with Crippen molar-refractivity contribution in [3.05, 3.63) is 54.0 Å². The van der Waals surface area contributed by atoms with Crippen LogP contribution in [0.2, 0.25) is 0 Å². The first-order valence-corrected chi connectivity index (χ1v) is 11.6. The van der Waals surface area contributed by atoms with Crippen LogP contribution in [0.1, 0.15) is 50.8 Å². The molecule has 2 N–H and O–H groups in total. The number of hydrogen-bond acceptors (Lipinski definition) is 7. The van der Waals surface area contributed by atoms with Gasteiger partial charge in [-0.05, 0) is 63.8 Å². The number of alkyl carbamates (subject to hydrolysis) is 1. The number of rotatable bonds is 6. The summed E-state index contributed by atoms with van der Waals surface area (Å²) in [5.41, 5.74) is 4.18. The van der Waals surface area contributed by atoms with Crippen LogP contribution in [-0.2, 0) is 16.0 Å². The fourth-order valence-electron chi connectivity index (χ4n) is 3.80. The van der Waals surface area contributed by atoms with Gasteiger partial charge in [-0.1, -0.05) is 12.1 Å². The zero-order chi connectivity index (χ0) is 24.1. The summed E-state index contributed by atoms with van der Waals surface area (Å²) in [4.78, 5) is 21.0. The fourth-order valence-corrected chi connectivity index (χ4v) is 3.80. The Balaban J connectivity index is 1.41. The fraction of sp³-hybridized carbons (Fsp3) is 0.440. The SMILES string of the molecule is Cc1cc(-c2ccnc(Nc3cnn(C4CCOCC4)c3)n2)ccc1CNC(=O)OC(C)(C)C. The van der Waals surface area contributed by atoms with E-state index in [9.17, 15) is 4.79 Å². The van der Waals surface area contributed by atoms with E-state index in [4.69, 9.17) is 9.47 Å². The van der Waals surface area contributed by atoms with E-state index in [0.29, 0.717) is 18.5 Å². The largest absolute Gasteiger partial charge is 0.444 e. The Bertz CT molecular complexity index is 1130. The minimum absolute atomic E-state index is 0.364. The number of aryl methyl sites for hydroxylation is 1. The van der Waals surface area contributed by atoms with Crippen LogP contribution in [0.5, 0.6) is 0 Å². The van der Waals surface area contributed by atoms with E-state index < -0.39 is 11.7 Å². The van der Waals surface area contributed by atoms with E-state index in [1.54, 1.807) is 12.4 Å². The molecule has 9 nitrogen and oxygen atoms in total. The third kappa shape index (κ3) is 6.32. The smallest absolute Gasteiger partial charge is 0.407 e. The van der Waals surface area contributed by atoms with Gasteiger partial charge in [0.05, 0.1) is 23.6 Å². The van der Waals surface area contributed by atoms with Crippen LogP contribution in [0.3, 0.4) is 0 Å². The lowest BCUT2D eigenvalue weighted by atomic mass is 10.0. The molecule has 1 fully saturated rings. The van der Waals surface area contributed by atoms with Gasteiger partial charge in [-0.2, -0.15) is 5.10 Å². The number of carbonyl (C=O) groups excluding carboxylic acids is 1. The molecule has 180 valence electrons. The van der Waals surface area contributed by atoms with Crippen LogP contribution in [0.15, 0.2) is 42.9 Å². The summed E-state index contributed by atoms with van der Waals surface area (Å²) in [5.74, 6) is 0.511. The Morgan fingerprint density at radius 3 is 2.76 bits per heavy atom. The number of nitrogens with one attached hydrogen (secondary N) is 2. The maximum atomic E-state index is 11.9. The van der Waals surface area contributed by atoms with Gasteiger partial charge in [-0.3, -0.25) is 4.68 Å². The summed E-state index contributed by atoms with van der Waals surface area (Å²) in [5, 5.41) is 10.5. The third-order valence-electron chi connectivity index (χ3n) is 5.54. The molecule has 0 saturated carbocycles. The monoisotopic (exact) mass is 464 g/mol. The summed E-state index contributed by atoms with van der Waals surface area (Å²) >= 11 is 0. The average Bonchev–Trinajstić information content (AvgIpc) is 3.26. The number of hydrogen-bond donors (Lipinski definition) is 2. The number of ether oxygens (including phenoxy) is 2. The van der Waals surface area contributed by atoms with Crippen molar-refractivity contribution in [2.75, 3.05) is 18.5 Å². The van der Waals surface area contributed by atoms with Crippen molar-refractivity contribution in [3.63, 3.8) is 0 Å². The van der Waals surface area contributed by atoms with Gasteiger partial charge < -0.3 is 20.1 Å². The highest BCUT2D eigenvalue weighted by atomic mass is 16.6. The minimum atomic E-state index is -0.523. The van der Waals surface area contributed by atoms with Gasteiger partial charge in [-0.25, -0.2) is 14.8 Å². The van der Waals surface area contributed by atoms with Crippen LogP contribution in [0.25, 0.3) is 11.3 Å². The molecule has 1 aliphatic rings. The van der Waals surface area contributed by atoms with E-state index in [1.807, 2.05) is 56.8 Å². The second-order valence-corrected chi connectivity index (χ2v) is 9.44. The van der Waals surface area contributed by atoms with E-state index in [0.717, 1.165) is 54.1 Å². The van der Waals surface area contributed by atoms with Crippen LogP contribution >= 0.6 is 0 Å². The molecule has 3 heterocycles. The first-order chi connectivity index (χ1) is 16.3. The molecule has 4 rings (SSSR count). The topological polar surface area (TPSA) is 103 Å². The second kappa shape index (κ2) is 10.2. The Morgan fingerprint density at radius 1 is 1.24 bits per heavy atom. The number of carbonyl (C=O) groups is 1. The highest BCUT2D eigenvalue weighted by Crippen LogP contribution is 2.24. The van der Waals surface area contributed by atoms with E-state index in [1.165, 1.54) is 0 Å². The first kappa shape index (κ1) is 23.7. The number of nitrogens with zero attached hydrogens (tertiary/aromatic N) is 4. The van der Waals surface area contributed by atoms with E-state index in [-0.39, 0.29) is 0 Å². The predicted molar refractivity (Wildman–Crippen MR) is 130 cm³/mol. The second-order valence-electron chi connectivity index (χ2n) is 9.44. The molecular formula is C25H32N6O3. The highest BCUT2D eigenvalue weighted by molar-refractivity contribution is 5.68. The van der Waals surface area contributed by atoms with Crippen LogP contribution in [0, 0.1) is 6.92 Å². The summed E-state index contributed by atoms with van der Waals surface area (Å²) in [6.07, 6.45) is 7.03. The Morgan fingerprint density at radius 2 is 2.03 bits per heavy atom. The van der Waals surface area contributed by atoms with Gasteiger partial charge in [0.15, 0.2) is 0 Å². The Kier molecular flexibility index (Phi) is 7.12. The molecule has 0 unspecified atom stereocenters. The predicted octanol–water partition coefficient (Wildman–Crippen LogP) is 4.77. The minimum Gasteiger partial charge on any atom is -0.444 e. The maximum absolute atomic E-state index is 11.9. The van der Waals surface area contributed by atoms with Crippen molar-refractivity contribution in [2.24, 2.45) is 0 Å². The van der Waals surface area contributed by atoms with Crippen molar-refractivity contribution >= 4 is 17.7 Å².